The molecular weight excluding hydrogens is 354 g/mol. The highest BCUT2D eigenvalue weighted by atomic mass is 16.5. The number of aryl methyl sites for hydroxylation is 1. The van der Waals surface area contributed by atoms with E-state index in [1.807, 2.05) is 37.3 Å². The summed E-state index contributed by atoms with van der Waals surface area (Å²) in [5.41, 5.74) is 2.82. The molecule has 0 bridgehead atoms. The second-order valence-corrected chi connectivity index (χ2v) is 6.05. The number of nitrogens with zero attached hydrogens (tertiary/aromatic N) is 1. The Hall–Kier alpha value is -3.67. The molecule has 1 aromatic heterocycles. The molecule has 0 saturated carbocycles. The molecular formula is C22H21N3O3. The van der Waals surface area contributed by atoms with Crippen LogP contribution in [0.4, 0.5) is 11.4 Å². The third-order valence-electron chi connectivity index (χ3n) is 4.26. The number of methoxy groups -OCH3 is 1. The average Bonchev–Trinajstić information content (AvgIpc) is 2.74. The van der Waals surface area contributed by atoms with Gasteiger partial charge in [-0.2, -0.15) is 0 Å². The molecule has 28 heavy (non-hydrogen) atoms. The van der Waals surface area contributed by atoms with Crippen LogP contribution in [0, 0.1) is 0 Å². The Bertz CT molecular complexity index is 925. The Kier molecular flexibility index (Phi) is 6.01. The summed E-state index contributed by atoms with van der Waals surface area (Å²) in [5, 5.41) is 5.65. The minimum atomic E-state index is -0.423. The Morgan fingerprint density at radius 2 is 1.61 bits per heavy atom. The Morgan fingerprint density at radius 3 is 2.36 bits per heavy atom. The summed E-state index contributed by atoms with van der Waals surface area (Å²) in [7, 11) is 1.53. The molecule has 2 aromatic carbocycles. The Morgan fingerprint density at radius 1 is 0.929 bits per heavy atom. The number of nitrogens with one attached hydrogen (secondary N) is 2. The first-order valence-corrected chi connectivity index (χ1v) is 8.92. The van der Waals surface area contributed by atoms with E-state index in [-0.39, 0.29) is 11.6 Å². The quantitative estimate of drug-likeness (QED) is 0.678. The molecule has 3 aromatic rings. The van der Waals surface area contributed by atoms with E-state index in [0.717, 1.165) is 17.7 Å². The van der Waals surface area contributed by atoms with Crippen LogP contribution in [0.5, 0.6) is 5.75 Å². The number of hydrogen-bond donors (Lipinski definition) is 2. The molecule has 142 valence electrons. The second kappa shape index (κ2) is 8.81. The van der Waals surface area contributed by atoms with E-state index in [2.05, 4.69) is 15.6 Å². The van der Waals surface area contributed by atoms with Gasteiger partial charge in [-0.3, -0.25) is 14.6 Å². The maximum atomic E-state index is 12.6. The first kappa shape index (κ1) is 19.1. The van der Waals surface area contributed by atoms with Crippen LogP contribution in [0.1, 0.15) is 33.3 Å². The molecule has 6 nitrogen and oxygen atoms in total. The number of ether oxygens (including phenoxy) is 1. The number of benzene rings is 2. The third kappa shape index (κ3) is 4.35. The summed E-state index contributed by atoms with van der Waals surface area (Å²) in [6.45, 7) is 2.03. The third-order valence-corrected chi connectivity index (χ3v) is 4.26. The molecule has 0 aliphatic rings. The zero-order valence-electron chi connectivity index (χ0n) is 15.7. The van der Waals surface area contributed by atoms with Crippen molar-refractivity contribution in [3.05, 3.63) is 83.7 Å². The molecule has 0 saturated heterocycles. The lowest BCUT2D eigenvalue weighted by atomic mass is 10.1. The molecule has 0 fully saturated rings. The lowest BCUT2D eigenvalue weighted by Crippen LogP contribution is -2.17. The first-order valence-electron chi connectivity index (χ1n) is 8.92. The number of para-hydroxylation sites is 3. The van der Waals surface area contributed by atoms with Crippen molar-refractivity contribution in [2.75, 3.05) is 17.7 Å². The van der Waals surface area contributed by atoms with E-state index in [9.17, 15) is 9.59 Å². The van der Waals surface area contributed by atoms with Crippen LogP contribution in [0.15, 0.2) is 66.9 Å². The number of pyridine rings is 1. The molecule has 2 amide bonds. The van der Waals surface area contributed by atoms with Gasteiger partial charge in [0.2, 0.25) is 0 Å². The van der Waals surface area contributed by atoms with E-state index in [4.69, 9.17) is 4.74 Å². The van der Waals surface area contributed by atoms with Crippen LogP contribution < -0.4 is 15.4 Å². The zero-order chi connectivity index (χ0) is 19.9. The van der Waals surface area contributed by atoms with Gasteiger partial charge in [0.05, 0.1) is 12.8 Å². The molecule has 0 atom stereocenters. The highest BCUT2D eigenvalue weighted by Crippen LogP contribution is 2.23. The highest BCUT2D eigenvalue weighted by molar-refractivity contribution is 6.08. The van der Waals surface area contributed by atoms with E-state index >= 15 is 0 Å². The number of carbonyl (C=O) groups is 2. The van der Waals surface area contributed by atoms with Gasteiger partial charge in [0.1, 0.15) is 11.4 Å². The van der Waals surface area contributed by atoms with E-state index in [1.54, 1.807) is 24.3 Å². The molecule has 6 heteroatoms. The largest absolute Gasteiger partial charge is 0.495 e. The zero-order valence-corrected chi connectivity index (χ0v) is 15.7. The molecule has 0 aliphatic carbocycles. The summed E-state index contributed by atoms with van der Waals surface area (Å²) < 4.78 is 5.23. The fourth-order valence-electron chi connectivity index (χ4n) is 2.78. The summed E-state index contributed by atoms with van der Waals surface area (Å²) >= 11 is 0. The van der Waals surface area contributed by atoms with Gasteiger partial charge in [-0.15, -0.1) is 0 Å². The highest BCUT2D eigenvalue weighted by Gasteiger charge is 2.14. The van der Waals surface area contributed by atoms with Crippen molar-refractivity contribution in [2.24, 2.45) is 0 Å². The lowest BCUT2D eigenvalue weighted by Gasteiger charge is -2.11. The minimum Gasteiger partial charge on any atom is -0.495 e. The van der Waals surface area contributed by atoms with Crippen LogP contribution in [0.25, 0.3) is 0 Å². The topological polar surface area (TPSA) is 80.3 Å². The van der Waals surface area contributed by atoms with Gasteiger partial charge in [0, 0.05) is 17.4 Å². The summed E-state index contributed by atoms with van der Waals surface area (Å²) in [5.74, 6) is -0.177. The van der Waals surface area contributed by atoms with E-state index < -0.39 is 5.91 Å². The maximum absolute atomic E-state index is 12.6. The van der Waals surface area contributed by atoms with E-state index in [1.165, 1.54) is 19.4 Å². The molecule has 3 rings (SSSR count). The maximum Gasteiger partial charge on any atom is 0.274 e. The average molecular weight is 375 g/mol. The predicted octanol–water partition coefficient (Wildman–Crippen LogP) is 4.16. The summed E-state index contributed by atoms with van der Waals surface area (Å²) in [6.07, 6.45) is 2.25. The Labute approximate surface area is 163 Å². The molecule has 0 radical (unpaired) electrons. The SMILES string of the molecule is CCc1ccccc1NC(=O)c1ccnc(C(=O)Nc2ccccc2OC)c1. The molecule has 0 aliphatic heterocycles. The normalized spacial score (nSPS) is 10.2. The Balaban J connectivity index is 1.78. The predicted molar refractivity (Wildman–Crippen MR) is 109 cm³/mol. The molecule has 1 heterocycles. The summed E-state index contributed by atoms with van der Waals surface area (Å²) in [4.78, 5) is 29.3. The number of aromatic nitrogens is 1. The van der Waals surface area contributed by atoms with Gasteiger partial charge >= 0.3 is 0 Å². The fourth-order valence-corrected chi connectivity index (χ4v) is 2.78. The molecule has 2 N–H and O–H groups in total. The summed E-state index contributed by atoms with van der Waals surface area (Å²) in [6, 6.07) is 17.7. The van der Waals surface area contributed by atoms with Crippen molar-refractivity contribution in [2.45, 2.75) is 13.3 Å². The number of carbonyl (C=O) groups excluding carboxylic acids is 2. The van der Waals surface area contributed by atoms with Crippen LogP contribution in [-0.2, 0) is 6.42 Å². The minimum absolute atomic E-state index is 0.141. The second-order valence-electron chi connectivity index (χ2n) is 6.05. The van der Waals surface area contributed by atoms with Crippen LogP contribution in [-0.4, -0.2) is 23.9 Å². The van der Waals surface area contributed by atoms with Gasteiger partial charge in [0.25, 0.3) is 11.8 Å². The van der Waals surface area contributed by atoms with Crippen molar-refractivity contribution >= 4 is 23.2 Å². The van der Waals surface area contributed by atoms with Crippen LogP contribution in [0.2, 0.25) is 0 Å². The van der Waals surface area contributed by atoms with Crippen LogP contribution >= 0.6 is 0 Å². The van der Waals surface area contributed by atoms with Gasteiger partial charge in [0.15, 0.2) is 0 Å². The standard InChI is InChI=1S/C22H21N3O3/c1-3-15-8-4-5-9-17(15)24-21(26)16-12-13-23-19(14-16)22(27)25-18-10-6-7-11-20(18)28-2/h4-14H,3H2,1-2H3,(H,24,26)(H,25,27). The van der Waals surface area contributed by atoms with Crippen molar-refractivity contribution in [1.29, 1.82) is 0 Å². The number of rotatable bonds is 6. The van der Waals surface area contributed by atoms with Gasteiger partial charge < -0.3 is 15.4 Å². The van der Waals surface area contributed by atoms with Gasteiger partial charge in [-0.05, 0) is 42.3 Å². The monoisotopic (exact) mass is 375 g/mol. The lowest BCUT2D eigenvalue weighted by molar-refractivity contribution is 0.102. The van der Waals surface area contributed by atoms with Crippen molar-refractivity contribution in [3.8, 4) is 5.75 Å². The number of amides is 2. The van der Waals surface area contributed by atoms with Crippen molar-refractivity contribution in [3.63, 3.8) is 0 Å². The van der Waals surface area contributed by atoms with E-state index in [0.29, 0.717) is 17.0 Å². The molecule has 0 unspecified atom stereocenters. The van der Waals surface area contributed by atoms with Crippen molar-refractivity contribution < 1.29 is 14.3 Å². The number of anilines is 2. The molecule has 0 spiro atoms. The van der Waals surface area contributed by atoms with Crippen molar-refractivity contribution in [1.82, 2.24) is 4.98 Å². The van der Waals surface area contributed by atoms with Crippen LogP contribution in [0.3, 0.4) is 0 Å². The van der Waals surface area contributed by atoms with Gasteiger partial charge in [-0.25, -0.2) is 0 Å². The van der Waals surface area contributed by atoms with Gasteiger partial charge in [-0.1, -0.05) is 37.3 Å². The fraction of sp³-hybridized carbons (Fsp3) is 0.136. The first-order chi connectivity index (χ1) is 13.6. The smallest absolute Gasteiger partial charge is 0.274 e. The number of hydrogen-bond acceptors (Lipinski definition) is 4.